The van der Waals surface area contributed by atoms with Crippen LogP contribution in [0.4, 0.5) is 0 Å². The maximum Gasteiger partial charge on any atom is 0.172 e. The lowest BCUT2D eigenvalue weighted by molar-refractivity contribution is 0.593. The van der Waals surface area contributed by atoms with Crippen LogP contribution in [0.25, 0.3) is 71.6 Å². The van der Waals surface area contributed by atoms with Crippen molar-refractivity contribution in [1.29, 1.82) is 0 Å². The number of aromatic nitrogens is 1. The van der Waals surface area contributed by atoms with Gasteiger partial charge in [-0.1, -0.05) is 158 Å². The van der Waals surface area contributed by atoms with E-state index in [2.05, 4.69) is 150 Å². The molecule has 0 radical (unpaired) electrons. The van der Waals surface area contributed by atoms with Gasteiger partial charge < -0.3 is 9.13 Å². The zero-order valence-corrected chi connectivity index (χ0v) is 27.5. The largest absolute Gasteiger partial charge is 0.309 e. The average molecular weight is 644 g/mol. The van der Waals surface area contributed by atoms with Crippen LogP contribution >= 0.6 is 7.14 Å². The maximum atomic E-state index is 15.3. The predicted octanol–water partition coefficient (Wildman–Crippen LogP) is 10.9. The second-order valence-corrected chi connectivity index (χ2v) is 15.5. The Morgan fingerprint density at radius 2 is 1.02 bits per heavy atom. The Morgan fingerprint density at radius 3 is 1.84 bits per heavy atom. The molecule has 1 aromatic heterocycles. The highest BCUT2D eigenvalue weighted by Crippen LogP contribution is 2.54. The molecule has 0 bridgehead atoms. The second-order valence-electron chi connectivity index (χ2n) is 12.8. The minimum Gasteiger partial charge on any atom is -0.309 e. The topological polar surface area (TPSA) is 22.0 Å². The Labute approximate surface area is 284 Å². The maximum absolute atomic E-state index is 15.3. The summed E-state index contributed by atoms with van der Waals surface area (Å²) in [6, 6.07) is 64.0. The summed E-state index contributed by atoms with van der Waals surface area (Å²) in [6.07, 6.45) is 0. The van der Waals surface area contributed by atoms with Gasteiger partial charge in [-0.05, 0) is 62.9 Å². The van der Waals surface area contributed by atoms with Gasteiger partial charge in [-0.25, -0.2) is 0 Å². The van der Waals surface area contributed by atoms with Crippen LogP contribution in [0.3, 0.4) is 0 Å². The monoisotopic (exact) mass is 643 g/mol. The molecule has 0 spiro atoms. The van der Waals surface area contributed by atoms with E-state index < -0.39 is 7.14 Å². The lowest BCUT2D eigenvalue weighted by atomic mass is 9.96. The number of hydrogen-bond acceptors (Lipinski definition) is 1. The normalized spacial score (nSPS) is 15.1. The molecule has 0 saturated heterocycles. The molecule has 1 unspecified atom stereocenters. The van der Waals surface area contributed by atoms with Gasteiger partial charge in [0.25, 0.3) is 0 Å². The smallest absolute Gasteiger partial charge is 0.172 e. The summed E-state index contributed by atoms with van der Waals surface area (Å²) in [5.41, 5.74) is 10.3. The molecule has 0 aliphatic carbocycles. The number of hydrogen-bond donors (Lipinski definition) is 0. The Bertz CT molecular complexity index is 2770. The minimum absolute atomic E-state index is 0.874. The van der Waals surface area contributed by atoms with E-state index in [0.29, 0.717) is 0 Å². The molecule has 1 aliphatic rings. The van der Waals surface area contributed by atoms with Crippen LogP contribution in [0.15, 0.2) is 182 Å². The van der Waals surface area contributed by atoms with Crippen molar-refractivity contribution in [2.24, 2.45) is 0 Å². The second kappa shape index (κ2) is 10.8. The van der Waals surface area contributed by atoms with Crippen LogP contribution < -0.4 is 15.9 Å². The van der Waals surface area contributed by atoms with Crippen molar-refractivity contribution in [2.75, 3.05) is 0 Å². The van der Waals surface area contributed by atoms with E-state index in [1.165, 1.54) is 38.2 Å². The van der Waals surface area contributed by atoms with E-state index in [1.54, 1.807) is 0 Å². The average Bonchev–Trinajstić information content (AvgIpc) is 3.65. The van der Waals surface area contributed by atoms with Gasteiger partial charge in [0.2, 0.25) is 0 Å². The Kier molecular flexibility index (Phi) is 6.19. The van der Waals surface area contributed by atoms with Crippen LogP contribution in [0.1, 0.15) is 0 Å². The number of fused-ring (bicyclic) bond motifs is 8. The van der Waals surface area contributed by atoms with Crippen LogP contribution in [-0.2, 0) is 4.57 Å². The highest BCUT2D eigenvalue weighted by atomic mass is 31.2. The van der Waals surface area contributed by atoms with E-state index in [-0.39, 0.29) is 0 Å². The molecule has 2 nitrogen and oxygen atoms in total. The predicted molar refractivity (Wildman–Crippen MR) is 208 cm³/mol. The van der Waals surface area contributed by atoms with E-state index in [0.717, 1.165) is 49.3 Å². The van der Waals surface area contributed by atoms with Crippen molar-refractivity contribution in [3.8, 4) is 39.1 Å². The first kappa shape index (κ1) is 28.1. The lowest BCUT2D eigenvalue weighted by Gasteiger charge is -2.16. The summed E-state index contributed by atoms with van der Waals surface area (Å²) in [4.78, 5) is 0. The van der Waals surface area contributed by atoms with Gasteiger partial charge in [-0.2, -0.15) is 0 Å². The lowest BCUT2D eigenvalue weighted by Crippen LogP contribution is -2.20. The van der Waals surface area contributed by atoms with Gasteiger partial charge in [0.05, 0.1) is 11.0 Å². The number of para-hydroxylation sites is 1. The third kappa shape index (κ3) is 4.11. The number of nitrogens with zero attached hydrogens (tertiary/aromatic N) is 1. The van der Waals surface area contributed by atoms with Gasteiger partial charge in [0.1, 0.15) is 0 Å². The van der Waals surface area contributed by atoms with Crippen molar-refractivity contribution >= 4 is 55.6 Å². The van der Waals surface area contributed by atoms with Crippen molar-refractivity contribution < 1.29 is 4.57 Å². The highest BCUT2D eigenvalue weighted by Gasteiger charge is 2.41. The zero-order valence-electron chi connectivity index (χ0n) is 26.6. The summed E-state index contributed by atoms with van der Waals surface area (Å²) in [5, 5.41) is 7.58. The fourth-order valence-electron chi connectivity index (χ4n) is 7.97. The summed E-state index contributed by atoms with van der Waals surface area (Å²) < 4.78 is 17.7. The Hall–Kier alpha value is -5.95. The summed E-state index contributed by atoms with van der Waals surface area (Å²) in [7, 11) is -3.06. The molecule has 10 rings (SSSR count). The van der Waals surface area contributed by atoms with Crippen molar-refractivity contribution in [2.45, 2.75) is 0 Å². The molecule has 0 saturated carbocycles. The van der Waals surface area contributed by atoms with Crippen molar-refractivity contribution in [3.63, 3.8) is 0 Å². The molecule has 0 N–H and O–H groups in total. The Morgan fingerprint density at radius 1 is 0.408 bits per heavy atom. The van der Waals surface area contributed by atoms with Crippen LogP contribution in [0.2, 0.25) is 0 Å². The fraction of sp³-hybridized carbons (Fsp3) is 0. The molecular weight excluding hydrogens is 613 g/mol. The Balaban J connectivity index is 1.13. The quantitative estimate of drug-likeness (QED) is 0.175. The molecule has 3 heteroatoms. The van der Waals surface area contributed by atoms with Crippen molar-refractivity contribution in [3.05, 3.63) is 182 Å². The first-order chi connectivity index (χ1) is 24.2. The van der Waals surface area contributed by atoms with Crippen LogP contribution in [0.5, 0.6) is 0 Å². The minimum atomic E-state index is -3.06. The van der Waals surface area contributed by atoms with Gasteiger partial charge in [0, 0.05) is 37.9 Å². The van der Waals surface area contributed by atoms with Gasteiger partial charge in [0.15, 0.2) is 7.14 Å². The molecule has 0 amide bonds. The molecule has 1 atom stereocenters. The summed E-state index contributed by atoms with van der Waals surface area (Å²) in [5.74, 6) is 0. The fourth-order valence-corrected chi connectivity index (χ4v) is 11.0. The molecule has 8 aromatic carbocycles. The molecule has 1 aliphatic heterocycles. The first-order valence-electron chi connectivity index (χ1n) is 16.7. The summed E-state index contributed by atoms with van der Waals surface area (Å²) in [6.45, 7) is 0. The van der Waals surface area contributed by atoms with Crippen LogP contribution in [-0.4, -0.2) is 4.57 Å². The van der Waals surface area contributed by atoms with Gasteiger partial charge in [-0.3, -0.25) is 0 Å². The molecule has 2 heterocycles. The standard InChI is InChI=1S/C46H30NOP/c48-49(36-13-2-1-3-14-36)43-20-9-7-17-41(43)45-44(49)30-29-40-39-16-6-8-19-42(39)47(46(40)45)35-27-25-32(26-28-35)31-21-23-34(24-22-31)38-18-10-12-33-11-4-5-15-37(33)38/h1-30H. The molecule has 0 fully saturated rings. The first-order valence-corrected chi connectivity index (χ1v) is 18.4. The van der Waals surface area contributed by atoms with Gasteiger partial charge in [-0.15, -0.1) is 0 Å². The van der Waals surface area contributed by atoms with Crippen molar-refractivity contribution in [1.82, 2.24) is 4.57 Å². The summed E-state index contributed by atoms with van der Waals surface area (Å²) >= 11 is 0. The van der Waals surface area contributed by atoms with Gasteiger partial charge >= 0.3 is 0 Å². The molecule has 230 valence electrons. The highest BCUT2D eigenvalue weighted by molar-refractivity contribution is 7.86. The molecule has 9 aromatic rings. The SMILES string of the molecule is O=P1(c2ccccc2)c2ccccc2-c2c1ccc1c3ccccc3n(-c3ccc(-c4ccc(-c5cccc6ccccc56)cc4)cc3)c21. The third-order valence-corrected chi connectivity index (χ3v) is 13.4. The number of benzene rings is 8. The van der Waals surface area contributed by atoms with E-state index in [9.17, 15) is 0 Å². The third-order valence-electron chi connectivity index (χ3n) is 10.2. The molecular formula is C46H30NOP. The zero-order chi connectivity index (χ0) is 32.5. The van der Waals surface area contributed by atoms with E-state index in [1.807, 2.05) is 36.4 Å². The van der Waals surface area contributed by atoms with Crippen LogP contribution in [0, 0.1) is 0 Å². The van der Waals surface area contributed by atoms with E-state index >= 15 is 4.57 Å². The number of rotatable bonds is 4. The molecule has 49 heavy (non-hydrogen) atoms. The van der Waals surface area contributed by atoms with E-state index in [4.69, 9.17) is 0 Å².